The molecule has 1 aromatic carbocycles. The van der Waals surface area contributed by atoms with Gasteiger partial charge in [0.1, 0.15) is 5.65 Å². The van der Waals surface area contributed by atoms with Crippen molar-refractivity contribution < 1.29 is 18.3 Å². The number of hydrogen-bond acceptors (Lipinski definition) is 7. The van der Waals surface area contributed by atoms with E-state index in [0.29, 0.717) is 47.7 Å². The summed E-state index contributed by atoms with van der Waals surface area (Å²) >= 11 is 0. The van der Waals surface area contributed by atoms with E-state index in [9.17, 15) is 18.0 Å². The topological polar surface area (TPSA) is 134 Å². The number of sulfone groups is 1. The Morgan fingerprint density at radius 1 is 1.21 bits per heavy atom. The van der Waals surface area contributed by atoms with E-state index in [1.807, 2.05) is 6.92 Å². The van der Waals surface area contributed by atoms with Crippen LogP contribution in [0.1, 0.15) is 6.92 Å². The molecular weight excluding hydrogens is 446 g/mol. The van der Waals surface area contributed by atoms with Crippen LogP contribution in [0.3, 0.4) is 0 Å². The Balaban J connectivity index is 1.45. The third kappa shape index (κ3) is 3.71. The number of benzene rings is 1. The molecule has 3 heterocycles. The largest absolute Gasteiger partial charge is 0.465 e. The molecule has 2 aromatic heterocycles. The number of aromatic nitrogens is 3. The zero-order valence-corrected chi connectivity index (χ0v) is 18.9. The average Bonchev–Trinajstić information content (AvgIpc) is 3.20. The summed E-state index contributed by atoms with van der Waals surface area (Å²) in [4.78, 5) is 34.9. The lowest BCUT2D eigenvalue weighted by Gasteiger charge is -2.17. The molecule has 0 radical (unpaired) electrons. The number of nitrogens with one attached hydrogen (secondary N) is 1. The summed E-state index contributed by atoms with van der Waals surface area (Å²) in [6.45, 7) is 3.28. The highest BCUT2D eigenvalue weighted by molar-refractivity contribution is 7.90. The third-order valence-electron chi connectivity index (χ3n) is 6.50. The van der Waals surface area contributed by atoms with Crippen molar-refractivity contribution in [3.63, 3.8) is 0 Å². The van der Waals surface area contributed by atoms with Gasteiger partial charge in [0.25, 0.3) is 5.56 Å². The Morgan fingerprint density at radius 3 is 2.45 bits per heavy atom. The van der Waals surface area contributed by atoms with E-state index in [-0.39, 0.29) is 28.3 Å². The van der Waals surface area contributed by atoms with Crippen molar-refractivity contribution in [1.82, 2.24) is 19.4 Å². The number of nitrogens with zero attached hydrogens (tertiary/aromatic N) is 4. The summed E-state index contributed by atoms with van der Waals surface area (Å²) in [6, 6.07) is 8.09. The molecule has 1 aliphatic carbocycles. The van der Waals surface area contributed by atoms with E-state index >= 15 is 0 Å². The minimum atomic E-state index is -3.32. The zero-order valence-electron chi connectivity index (χ0n) is 18.1. The van der Waals surface area contributed by atoms with Crippen LogP contribution in [0.15, 0.2) is 46.2 Å². The Labute approximate surface area is 189 Å². The van der Waals surface area contributed by atoms with Crippen LogP contribution < -0.4 is 10.9 Å². The summed E-state index contributed by atoms with van der Waals surface area (Å²) in [5.41, 5.74) is 1.35. The summed E-state index contributed by atoms with van der Waals surface area (Å²) in [5, 5.41) is 13.1. The summed E-state index contributed by atoms with van der Waals surface area (Å²) in [5.74, 6) is 0.924. The van der Waals surface area contributed by atoms with Crippen LogP contribution in [0.5, 0.6) is 0 Å². The first-order valence-corrected chi connectivity index (χ1v) is 12.5. The van der Waals surface area contributed by atoms with Crippen LogP contribution in [0, 0.1) is 11.8 Å². The van der Waals surface area contributed by atoms with E-state index in [1.54, 1.807) is 29.0 Å². The summed E-state index contributed by atoms with van der Waals surface area (Å²) in [6.07, 6.45) is 1.91. The Bertz CT molecular complexity index is 1420. The standard InChI is InChI=1S/C22H23N5O5S/c1-3-27-19-13(8-15(20(27)28)12-4-6-14(7-5-12)33(2,31)32)9-23-21(25-19)24-18-16-10-26(22(29)30)11-17(16)18/h4-9,16-18H,3,10-11H2,1-2H3,(H,29,30)(H,23,24,25)/t16-,17+,18?. The number of piperidine rings is 1. The second kappa shape index (κ2) is 7.55. The smallest absolute Gasteiger partial charge is 0.407 e. The molecule has 5 rings (SSSR count). The Hall–Kier alpha value is -3.47. The van der Waals surface area contributed by atoms with Gasteiger partial charge in [-0.2, -0.15) is 4.98 Å². The van der Waals surface area contributed by atoms with Gasteiger partial charge >= 0.3 is 6.09 Å². The van der Waals surface area contributed by atoms with Gasteiger partial charge in [0.15, 0.2) is 9.84 Å². The number of aryl methyl sites for hydroxylation is 1. The second-order valence-corrected chi connectivity index (χ2v) is 10.6. The van der Waals surface area contributed by atoms with Crippen molar-refractivity contribution in [3.05, 3.63) is 46.9 Å². The number of fused-ring (bicyclic) bond motifs is 2. The van der Waals surface area contributed by atoms with E-state index in [0.717, 1.165) is 6.26 Å². The van der Waals surface area contributed by atoms with E-state index in [4.69, 9.17) is 5.11 Å². The first-order valence-electron chi connectivity index (χ1n) is 10.6. The maximum Gasteiger partial charge on any atom is 0.407 e. The number of amides is 1. The molecule has 2 aliphatic rings. The summed E-state index contributed by atoms with van der Waals surface area (Å²) < 4.78 is 25.0. The normalized spacial score (nSPS) is 21.8. The van der Waals surface area contributed by atoms with Crippen LogP contribution in [-0.4, -0.2) is 64.4 Å². The number of rotatable bonds is 5. The molecule has 33 heavy (non-hydrogen) atoms. The van der Waals surface area contributed by atoms with Crippen LogP contribution >= 0.6 is 0 Å². The lowest BCUT2D eigenvalue weighted by atomic mass is 10.1. The van der Waals surface area contributed by atoms with Gasteiger partial charge in [0, 0.05) is 60.9 Å². The quantitative estimate of drug-likeness (QED) is 0.579. The summed E-state index contributed by atoms with van der Waals surface area (Å²) in [7, 11) is -3.32. The molecule has 0 bridgehead atoms. The van der Waals surface area contributed by atoms with Gasteiger partial charge in [0.2, 0.25) is 5.95 Å². The minimum Gasteiger partial charge on any atom is -0.465 e. The van der Waals surface area contributed by atoms with Crippen molar-refractivity contribution in [2.24, 2.45) is 11.8 Å². The van der Waals surface area contributed by atoms with Gasteiger partial charge in [0.05, 0.1) is 4.90 Å². The number of likely N-dealkylation sites (tertiary alicyclic amines) is 1. The van der Waals surface area contributed by atoms with Crippen molar-refractivity contribution in [2.45, 2.75) is 24.4 Å². The Morgan fingerprint density at radius 2 is 1.88 bits per heavy atom. The molecule has 172 valence electrons. The van der Waals surface area contributed by atoms with Crippen molar-refractivity contribution in [1.29, 1.82) is 0 Å². The molecule has 10 nitrogen and oxygen atoms in total. The van der Waals surface area contributed by atoms with Gasteiger partial charge in [-0.25, -0.2) is 18.2 Å². The van der Waals surface area contributed by atoms with Crippen molar-refractivity contribution in [2.75, 3.05) is 24.7 Å². The second-order valence-electron chi connectivity index (χ2n) is 8.56. The fourth-order valence-electron chi connectivity index (χ4n) is 4.66. The number of carbonyl (C=O) groups is 1. The van der Waals surface area contributed by atoms with E-state index < -0.39 is 15.9 Å². The first kappa shape index (κ1) is 21.4. The molecule has 1 saturated heterocycles. The third-order valence-corrected chi connectivity index (χ3v) is 7.63. The first-order chi connectivity index (χ1) is 15.7. The molecule has 1 unspecified atom stereocenters. The molecule has 3 aromatic rings. The van der Waals surface area contributed by atoms with Gasteiger partial charge < -0.3 is 15.3 Å². The van der Waals surface area contributed by atoms with E-state index in [1.165, 1.54) is 17.0 Å². The zero-order chi connectivity index (χ0) is 23.5. The van der Waals surface area contributed by atoms with Gasteiger partial charge in [-0.05, 0) is 30.7 Å². The molecule has 1 saturated carbocycles. The van der Waals surface area contributed by atoms with Crippen LogP contribution in [0.25, 0.3) is 22.2 Å². The predicted molar refractivity (Wildman–Crippen MR) is 122 cm³/mol. The monoisotopic (exact) mass is 469 g/mol. The van der Waals surface area contributed by atoms with Crippen LogP contribution in [0.4, 0.5) is 10.7 Å². The van der Waals surface area contributed by atoms with Crippen molar-refractivity contribution in [3.8, 4) is 11.1 Å². The Kier molecular flexibility index (Phi) is 4.89. The maximum atomic E-state index is 13.2. The van der Waals surface area contributed by atoms with Crippen molar-refractivity contribution >= 4 is 32.9 Å². The van der Waals surface area contributed by atoms with Gasteiger partial charge in [-0.15, -0.1) is 0 Å². The molecule has 1 amide bonds. The molecule has 2 fully saturated rings. The van der Waals surface area contributed by atoms with E-state index in [2.05, 4.69) is 15.3 Å². The highest BCUT2D eigenvalue weighted by Gasteiger charge is 2.57. The van der Waals surface area contributed by atoms with Crippen LogP contribution in [0.2, 0.25) is 0 Å². The number of carboxylic acid groups (broad SMARTS) is 1. The maximum absolute atomic E-state index is 13.2. The number of anilines is 1. The fraction of sp³-hybridized carbons (Fsp3) is 0.364. The number of pyridine rings is 1. The number of hydrogen-bond donors (Lipinski definition) is 2. The van der Waals surface area contributed by atoms with Crippen LogP contribution in [-0.2, 0) is 16.4 Å². The molecular formula is C22H23N5O5S. The lowest BCUT2D eigenvalue weighted by molar-refractivity contribution is 0.150. The average molecular weight is 470 g/mol. The lowest BCUT2D eigenvalue weighted by Crippen LogP contribution is -2.32. The molecule has 11 heteroatoms. The molecule has 1 aliphatic heterocycles. The minimum absolute atomic E-state index is 0.132. The van der Waals surface area contributed by atoms with Gasteiger partial charge in [-0.3, -0.25) is 9.36 Å². The highest BCUT2D eigenvalue weighted by atomic mass is 32.2. The van der Waals surface area contributed by atoms with Gasteiger partial charge in [-0.1, -0.05) is 12.1 Å². The predicted octanol–water partition coefficient (Wildman–Crippen LogP) is 1.90. The molecule has 0 spiro atoms. The SMILES string of the molecule is CCn1c(=O)c(-c2ccc(S(C)(=O)=O)cc2)cc2cnc(NC3[C@H]4CN(C(=O)O)C[C@@H]34)nc21. The molecule has 3 atom stereocenters. The molecule has 2 N–H and O–H groups in total. The highest BCUT2D eigenvalue weighted by Crippen LogP contribution is 2.46. The fourth-order valence-corrected chi connectivity index (χ4v) is 5.29.